The highest BCUT2D eigenvalue weighted by molar-refractivity contribution is 6.55. The number of rotatable bonds is 7. The predicted octanol–water partition coefficient (Wildman–Crippen LogP) is 5.75. The molecule has 1 radical (unpaired) electrons. The zero-order valence-electron chi connectivity index (χ0n) is 20.1. The Labute approximate surface area is 199 Å². The average molecular weight is 468 g/mol. The fourth-order valence-corrected chi connectivity index (χ4v) is 7.02. The third-order valence-corrected chi connectivity index (χ3v) is 8.90. The van der Waals surface area contributed by atoms with Crippen molar-refractivity contribution in [3.8, 4) is 0 Å². The lowest BCUT2D eigenvalue weighted by Gasteiger charge is -2.48. The summed E-state index contributed by atoms with van der Waals surface area (Å²) in [6.45, 7) is 9.37. The highest BCUT2D eigenvalue weighted by Gasteiger charge is 2.50. The lowest BCUT2D eigenvalue weighted by atomic mass is 9.95. The molecule has 2 aliphatic heterocycles. The van der Waals surface area contributed by atoms with Crippen molar-refractivity contribution in [2.75, 3.05) is 13.7 Å². The van der Waals surface area contributed by atoms with Gasteiger partial charge in [-0.1, -0.05) is 88.4 Å². The maximum Gasteiger partial charge on any atom is 0.218 e. The van der Waals surface area contributed by atoms with Gasteiger partial charge >= 0.3 is 0 Å². The smallest absolute Gasteiger partial charge is 0.218 e. The third-order valence-electron chi connectivity index (χ3n) is 6.10. The fourth-order valence-electron chi connectivity index (χ4n) is 4.60. The minimum absolute atomic E-state index is 0.265. The largest absolute Gasteiger partial charge is 0.487 e. The number of methoxy groups -OCH3 is 1. The lowest BCUT2D eigenvalue weighted by Crippen LogP contribution is -2.59. The molecule has 0 saturated carbocycles. The molecule has 2 aliphatic rings. The van der Waals surface area contributed by atoms with Crippen LogP contribution in [-0.2, 0) is 23.4 Å². The molecule has 0 aliphatic carbocycles. The molecule has 2 saturated heterocycles. The van der Waals surface area contributed by atoms with Gasteiger partial charge in [0, 0.05) is 12.7 Å². The Kier molecular flexibility index (Phi) is 8.04. The molecule has 0 unspecified atom stereocenters. The Bertz CT molecular complexity index is 893. The van der Waals surface area contributed by atoms with Gasteiger partial charge in [0.05, 0.1) is 6.61 Å². The van der Waals surface area contributed by atoms with Crippen LogP contribution in [0.5, 0.6) is 0 Å². The lowest BCUT2D eigenvalue weighted by molar-refractivity contribution is -0.302. The van der Waals surface area contributed by atoms with Gasteiger partial charge in [-0.25, -0.2) is 0 Å². The van der Waals surface area contributed by atoms with Crippen LogP contribution in [0.2, 0.25) is 11.1 Å². The normalized spacial score (nSPS) is 28.8. The SMILES string of the molecule is CO[C@@H]1[C@@H]2O[C@H](c3ccccc3)OC[C@H]2O/C(=C\c2ccccc2)[C@H]1O[Si](C(C)C)C(C)C. The summed E-state index contributed by atoms with van der Waals surface area (Å²) in [6, 6.07) is 20.2. The first kappa shape index (κ1) is 24.2. The molecule has 4 rings (SSSR count). The Morgan fingerprint density at radius 1 is 0.939 bits per heavy atom. The monoisotopic (exact) mass is 467 g/mol. The van der Waals surface area contributed by atoms with Gasteiger partial charge in [0.2, 0.25) is 9.04 Å². The van der Waals surface area contributed by atoms with Gasteiger partial charge in [-0.05, 0) is 22.7 Å². The molecular weight excluding hydrogens is 432 g/mol. The summed E-state index contributed by atoms with van der Waals surface area (Å²) < 4.78 is 31.9. The molecule has 0 N–H and O–H groups in total. The molecule has 5 atom stereocenters. The zero-order valence-corrected chi connectivity index (χ0v) is 21.1. The minimum Gasteiger partial charge on any atom is -0.487 e. The summed E-state index contributed by atoms with van der Waals surface area (Å²) in [7, 11) is 0.600. The van der Waals surface area contributed by atoms with E-state index in [2.05, 4.69) is 45.9 Å². The highest BCUT2D eigenvalue weighted by atomic mass is 28.3. The Morgan fingerprint density at radius 2 is 1.58 bits per heavy atom. The first-order valence-electron chi connectivity index (χ1n) is 11.8. The van der Waals surface area contributed by atoms with Crippen molar-refractivity contribution in [3.05, 3.63) is 77.5 Å². The van der Waals surface area contributed by atoms with Crippen molar-refractivity contribution < 1.29 is 23.4 Å². The predicted molar refractivity (Wildman–Crippen MR) is 131 cm³/mol. The summed E-state index contributed by atoms with van der Waals surface area (Å²) in [5.74, 6) is 0.781. The summed E-state index contributed by atoms with van der Waals surface area (Å²) in [5, 5.41) is 0. The van der Waals surface area contributed by atoms with Crippen molar-refractivity contribution in [2.45, 2.75) is 69.5 Å². The summed E-state index contributed by atoms with van der Waals surface area (Å²) in [4.78, 5) is 0. The van der Waals surface area contributed by atoms with E-state index < -0.39 is 15.3 Å². The number of fused-ring (bicyclic) bond motifs is 1. The van der Waals surface area contributed by atoms with Crippen LogP contribution in [-0.4, -0.2) is 47.2 Å². The second-order valence-electron chi connectivity index (χ2n) is 9.24. The standard InChI is InChI=1S/C27H35O5Si/c1-18(2)33(19(3)4)32-25-22(16-20-12-8-6-9-13-20)30-23-17-29-27(21-14-10-7-11-15-21)31-24(23)26(25)28-5/h6-16,18-19,23-27H,17H2,1-5H3/b22-16-/t23-,24-,25-,26-,27-/m1/s1. The van der Waals surface area contributed by atoms with Crippen LogP contribution < -0.4 is 0 Å². The molecule has 0 aromatic heterocycles. The average Bonchev–Trinajstić information content (AvgIpc) is 2.82. The van der Waals surface area contributed by atoms with Crippen molar-refractivity contribution in [1.29, 1.82) is 0 Å². The Balaban J connectivity index is 1.66. The van der Waals surface area contributed by atoms with Crippen LogP contribution in [0.25, 0.3) is 6.08 Å². The van der Waals surface area contributed by atoms with Crippen molar-refractivity contribution in [2.24, 2.45) is 0 Å². The minimum atomic E-state index is -1.13. The van der Waals surface area contributed by atoms with Gasteiger partial charge in [0.25, 0.3) is 0 Å². The van der Waals surface area contributed by atoms with Crippen LogP contribution in [0.4, 0.5) is 0 Å². The summed E-state index contributed by atoms with van der Waals surface area (Å²) in [5.41, 5.74) is 2.96. The molecule has 0 spiro atoms. The topological polar surface area (TPSA) is 46.2 Å². The van der Waals surface area contributed by atoms with E-state index in [0.717, 1.165) is 16.9 Å². The van der Waals surface area contributed by atoms with E-state index in [9.17, 15) is 0 Å². The molecule has 6 heteroatoms. The summed E-state index contributed by atoms with van der Waals surface area (Å²) >= 11 is 0. The maximum atomic E-state index is 6.86. The van der Waals surface area contributed by atoms with Crippen LogP contribution in [0.15, 0.2) is 66.4 Å². The second-order valence-corrected chi connectivity index (χ2v) is 12.6. The quantitative estimate of drug-likeness (QED) is 0.485. The second kappa shape index (κ2) is 11.0. The van der Waals surface area contributed by atoms with Gasteiger partial charge in [-0.3, -0.25) is 0 Å². The number of ether oxygens (including phenoxy) is 4. The molecule has 5 nitrogen and oxygen atoms in total. The molecule has 2 aromatic rings. The van der Waals surface area contributed by atoms with Crippen LogP contribution >= 0.6 is 0 Å². The van der Waals surface area contributed by atoms with E-state index in [-0.39, 0.29) is 24.4 Å². The van der Waals surface area contributed by atoms with E-state index in [1.54, 1.807) is 7.11 Å². The maximum absolute atomic E-state index is 6.86. The first-order valence-corrected chi connectivity index (χ1v) is 13.4. The van der Waals surface area contributed by atoms with E-state index >= 15 is 0 Å². The van der Waals surface area contributed by atoms with Gasteiger partial charge in [0.1, 0.15) is 24.1 Å². The Morgan fingerprint density at radius 3 is 2.18 bits per heavy atom. The number of benzene rings is 2. The Hall–Kier alpha value is -1.96. The summed E-state index contributed by atoms with van der Waals surface area (Å²) in [6.07, 6.45) is 0.411. The molecule has 2 heterocycles. The molecule has 0 amide bonds. The zero-order chi connectivity index (χ0) is 23.4. The molecule has 2 aromatic carbocycles. The molecule has 0 bridgehead atoms. The van der Waals surface area contributed by atoms with Gasteiger partial charge in [-0.15, -0.1) is 0 Å². The van der Waals surface area contributed by atoms with Gasteiger partial charge in [-0.2, -0.15) is 0 Å². The van der Waals surface area contributed by atoms with Crippen LogP contribution in [0, 0.1) is 0 Å². The van der Waals surface area contributed by atoms with E-state index in [1.807, 2.05) is 48.5 Å². The van der Waals surface area contributed by atoms with Crippen molar-refractivity contribution >= 4 is 15.1 Å². The van der Waals surface area contributed by atoms with E-state index in [1.165, 1.54) is 0 Å². The van der Waals surface area contributed by atoms with Crippen molar-refractivity contribution in [1.82, 2.24) is 0 Å². The van der Waals surface area contributed by atoms with E-state index in [4.69, 9.17) is 23.4 Å². The molecule has 33 heavy (non-hydrogen) atoms. The third kappa shape index (κ3) is 5.58. The first-order chi connectivity index (χ1) is 16.0. The van der Waals surface area contributed by atoms with Crippen LogP contribution in [0.3, 0.4) is 0 Å². The molecular formula is C27H35O5Si. The number of hydrogen-bond acceptors (Lipinski definition) is 5. The van der Waals surface area contributed by atoms with Gasteiger partial charge in [0.15, 0.2) is 12.4 Å². The fraction of sp³-hybridized carbons (Fsp3) is 0.481. The molecule has 2 fully saturated rings. The van der Waals surface area contributed by atoms with Crippen LogP contribution in [0.1, 0.15) is 45.1 Å². The van der Waals surface area contributed by atoms with Gasteiger partial charge < -0.3 is 23.4 Å². The van der Waals surface area contributed by atoms with Crippen molar-refractivity contribution in [3.63, 3.8) is 0 Å². The number of hydrogen-bond donors (Lipinski definition) is 0. The van der Waals surface area contributed by atoms with E-state index in [0.29, 0.717) is 17.7 Å². The molecule has 177 valence electrons. The highest BCUT2D eigenvalue weighted by Crippen LogP contribution is 2.39.